The Labute approximate surface area is 153 Å². The molecule has 0 saturated carbocycles. The van der Waals surface area contributed by atoms with E-state index in [4.69, 9.17) is 4.52 Å². The third-order valence-electron chi connectivity index (χ3n) is 4.59. The maximum Gasteiger partial charge on any atom is 0.111 e. The Hall–Kier alpha value is -1.69. The lowest BCUT2D eigenvalue weighted by Gasteiger charge is -2.39. The highest BCUT2D eigenvalue weighted by molar-refractivity contribution is 7.09. The first kappa shape index (κ1) is 18.1. The SMILES string of the molecule is POCC#CCN1CCN(C(c2ccccc2)c2ccccc2)CC1. The smallest absolute Gasteiger partial charge is 0.111 e. The average molecular weight is 352 g/mol. The predicted octanol–water partition coefficient (Wildman–Crippen LogP) is 3.20. The van der Waals surface area contributed by atoms with Crippen molar-refractivity contribution in [1.29, 1.82) is 0 Å². The van der Waals surface area contributed by atoms with Crippen LogP contribution in [0.5, 0.6) is 0 Å². The van der Waals surface area contributed by atoms with Crippen LogP contribution >= 0.6 is 9.47 Å². The Morgan fingerprint density at radius 2 is 1.40 bits per heavy atom. The summed E-state index contributed by atoms with van der Waals surface area (Å²) in [5.74, 6) is 6.20. The van der Waals surface area contributed by atoms with Crippen molar-refractivity contribution in [2.45, 2.75) is 6.04 Å². The molecule has 25 heavy (non-hydrogen) atoms. The van der Waals surface area contributed by atoms with E-state index in [0.717, 1.165) is 32.7 Å². The van der Waals surface area contributed by atoms with Crippen molar-refractivity contribution in [3.05, 3.63) is 71.8 Å². The molecule has 2 aromatic rings. The highest BCUT2D eigenvalue weighted by atomic mass is 31.0. The highest BCUT2D eigenvalue weighted by Crippen LogP contribution is 2.29. The van der Waals surface area contributed by atoms with Gasteiger partial charge >= 0.3 is 0 Å². The van der Waals surface area contributed by atoms with Gasteiger partial charge in [-0.15, -0.1) is 0 Å². The second-order valence-corrected chi connectivity index (χ2v) is 6.53. The summed E-state index contributed by atoms with van der Waals surface area (Å²) < 4.78 is 4.89. The third-order valence-corrected chi connectivity index (χ3v) is 4.75. The molecule has 0 aromatic heterocycles. The zero-order chi connectivity index (χ0) is 17.3. The summed E-state index contributed by atoms with van der Waals surface area (Å²) in [5.41, 5.74) is 2.72. The quantitative estimate of drug-likeness (QED) is 0.607. The zero-order valence-electron chi connectivity index (χ0n) is 14.5. The van der Waals surface area contributed by atoms with Gasteiger partial charge in [0, 0.05) is 35.6 Å². The van der Waals surface area contributed by atoms with Gasteiger partial charge in [0.2, 0.25) is 0 Å². The van der Waals surface area contributed by atoms with E-state index in [0.29, 0.717) is 12.6 Å². The van der Waals surface area contributed by atoms with Crippen LogP contribution in [0.3, 0.4) is 0 Å². The number of hydrogen-bond donors (Lipinski definition) is 0. The van der Waals surface area contributed by atoms with Gasteiger partial charge in [-0.05, 0) is 11.1 Å². The van der Waals surface area contributed by atoms with Crippen LogP contribution in [-0.2, 0) is 4.52 Å². The molecular weight excluding hydrogens is 327 g/mol. The van der Waals surface area contributed by atoms with Gasteiger partial charge in [-0.2, -0.15) is 0 Å². The molecule has 130 valence electrons. The highest BCUT2D eigenvalue weighted by Gasteiger charge is 2.25. The molecule has 0 amide bonds. The van der Waals surface area contributed by atoms with Crippen molar-refractivity contribution in [2.75, 3.05) is 39.3 Å². The van der Waals surface area contributed by atoms with Crippen LogP contribution < -0.4 is 0 Å². The van der Waals surface area contributed by atoms with Gasteiger partial charge in [0.05, 0.1) is 12.6 Å². The van der Waals surface area contributed by atoms with Gasteiger partial charge in [-0.25, -0.2) is 0 Å². The van der Waals surface area contributed by atoms with E-state index in [1.807, 2.05) is 0 Å². The summed E-state index contributed by atoms with van der Waals surface area (Å²) in [5, 5.41) is 0. The van der Waals surface area contributed by atoms with Crippen molar-refractivity contribution in [3.8, 4) is 11.8 Å². The van der Waals surface area contributed by atoms with Crippen molar-refractivity contribution in [3.63, 3.8) is 0 Å². The number of nitrogens with zero attached hydrogens (tertiary/aromatic N) is 2. The number of rotatable bonds is 5. The van der Waals surface area contributed by atoms with E-state index in [1.54, 1.807) is 0 Å². The third kappa shape index (κ3) is 5.14. The first-order valence-corrected chi connectivity index (χ1v) is 9.19. The van der Waals surface area contributed by atoms with Crippen LogP contribution in [0.15, 0.2) is 60.7 Å². The largest absolute Gasteiger partial charge is 0.353 e. The van der Waals surface area contributed by atoms with Crippen molar-refractivity contribution >= 4 is 9.47 Å². The molecule has 1 unspecified atom stereocenters. The average Bonchev–Trinajstić information content (AvgIpc) is 2.68. The molecule has 0 bridgehead atoms. The van der Waals surface area contributed by atoms with E-state index >= 15 is 0 Å². The lowest BCUT2D eigenvalue weighted by Crippen LogP contribution is -2.47. The summed E-state index contributed by atoms with van der Waals surface area (Å²) in [6.07, 6.45) is 0. The predicted molar refractivity (Wildman–Crippen MR) is 106 cm³/mol. The Kier molecular flexibility index (Phi) is 7.03. The molecule has 1 fully saturated rings. The monoisotopic (exact) mass is 352 g/mol. The second kappa shape index (κ2) is 9.70. The second-order valence-electron chi connectivity index (χ2n) is 6.20. The van der Waals surface area contributed by atoms with E-state index in [9.17, 15) is 0 Å². The topological polar surface area (TPSA) is 15.7 Å². The molecule has 1 saturated heterocycles. The molecule has 1 aliphatic heterocycles. The molecular formula is C21H25N2OP. The molecule has 0 radical (unpaired) electrons. The van der Waals surface area contributed by atoms with Crippen LogP contribution in [-0.4, -0.2) is 49.1 Å². The van der Waals surface area contributed by atoms with Gasteiger partial charge in [0.1, 0.15) is 6.61 Å². The van der Waals surface area contributed by atoms with Crippen molar-refractivity contribution in [1.82, 2.24) is 9.80 Å². The first-order chi connectivity index (χ1) is 12.4. The molecule has 0 aliphatic carbocycles. The molecule has 4 heteroatoms. The lowest BCUT2D eigenvalue weighted by molar-refractivity contribution is 0.119. The van der Waals surface area contributed by atoms with Crippen LogP contribution in [0.1, 0.15) is 17.2 Å². The van der Waals surface area contributed by atoms with Gasteiger partial charge in [-0.3, -0.25) is 9.80 Å². The molecule has 1 atom stereocenters. The van der Waals surface area contributed by atoms with Gasteiger partial charge in [0.15, 0.2) is 0 Å². The summed E-state index contributed by atoms with van der Waals surface area (Å²) in [4.78, 5) is 5.00. The molecule has 2 aromatic carbocycles. The Balaban J connectivity index is 1.69. The van der Waals surface area contributed by atoms with Gasteiger partial charge in [-0.1, -0.05) is 72.5 Å². The molecule has 0 N–H and O–H groups in total. The standard InChI is InChI=1S/C21H25N2OP/c25-24-18-8-7-13-22-14-16-23(17-15-22)21(19-9-3-1-4-10-19)20-11-5-2-6-12-20/h1-6,9-12,21H,13-18,25H2. The normalized spacial score (nSPS) is 15.8. The van der Waals surface area contributed by atoms with E-state index in [1.165, 1.54) is 11.1 Å². The fourth-order valence-corrected chi connectivity index (χ4v) is 3.41. The van der Waals surface area contributed by atoms with Crippen LogP contribution in [0.25, 0.3) is 0 Å². The van der Waals surface area contributed by atoms with Crippen molar-refractivity contribution in [2.24, 2.45) is 0 Å². The minimum atomic E-state index is 0.321. The Morgan fingerprint density at radius 1 is 0.840 bits per heavy atom. The fourth-order valence-electron chi connectivity index (χ4n) is 3.32. The van der Waals surface area contributed by atoms with E-state index in [-0.39, 0.29) is 0 Å². The molecule has 1 heterocycles. The molecule has 0 spiro atoms. The van der Waals surface area contributed by atoms with Crippen molar-refractivity contribution < 1.29 is 4.52 Å². The maximum atomic E-state index is 4.89. The van der Waals surface area contributed by atoms with Crippen LogP contribution in [0.4, 0.5) is 0 Å². The minimum Gasteiger partial charge on any atom is -0.353 e. The summed E-state index contributed by atoms with van der Waals surface area (Å²) in [7, 11) is 2.23. The summed E-state index contributed by atoms with van der Waals surface area (Å²) in [6, 6.07) is 21.9. The Bertz CT molecular complexity index is 649. The summed E-state index contributed by atoms with van der Waals surface area (Å²) >= 11 is 0. The van der Waals surface area contributed by atoms with Crippen LogP contribution in [0.2, 0.25) is 0 Å². The lowest BCUT2D eigenvalue weighted by atomic mass is 9.96. The molecule has 1 aliphatic rings. The first-order valence-electron chi connectivity index (χ1n) is 8.72. The molecule has 3 nitrogen and oxygen atoms in total. The number of piperazine rings is 1. The zero-order valence-corrected chi connectivity index (χ0v) is 15.6. The summed E-state index contributed by atoms with van der Waals surface area (Å²) in [6.45, 7) is 5.50. The molecule has 3 rings (SSSR count). The number of hydrogen-bond acceptors (Lipinski definition) is 3. The van der Waals surface area contributed by atoms with Gasteiger partial charge in [0.25, 0.3) is 0 Å². The van der Waals surface area contributed by atoms with E-state index < -0.39 is 0 Å². The number of benzene rings is 2. The minimum absolute atomic E-state index is 0.321. The fraction of sp³-hybridized carbons (Fsp3) is 0.333. The van der Waals surface area contributed by atoms with Crippen LogP contribution in [0, 0.1) is 11.8 Å². The van der Waals surface area contributed by atoms with Gasteiger partial charge < -0.3 is 4.52 Å². The van der Waals surface area contributed by atoms with E-state index in [2.05, 4.69) is 91.8 Å². The Morgan fingerprint density at radius 3 is 1.92 bits per heavy atom. The maximum absolute atomic E-state index is 4.89.